The molecule has 0 radical (unpaired) electrons. The van der Waals surface area contributed by atoms with Gasteiger partial charge in [0.15, 0.2) is 9.84 Å². The molecule has 25 heavy (non-hydrogen) atoms. The quantitative estimate of drug-likeness (QED) is 0.709. The normalized spacial score (nSPS) is 38.5. The van der Waals surface area contributed by atoms with Gasteiger partial charge < -0.3 is 4.74 Å². The van der Waals surface area contributed by atoms with E-state index in [1.54, 1.807) is 0 Å². The van der Waals surface area contributed by atoms with Gasteiger partial charge in [0, 0.05) is 25.4 Å². The van der Waals surface area contributed by atoms with E-state index in [0.29, 0.717) is 26.1 Å². The molecule has 2 aliphatic heterocycles. The molecule has 0 spiro atoms. The maximum absolute atomic E-state index is 12.9. The lowest BCUT2D eigenvalue weighted by molar-refractivity contribution is -0.130. The molecule has 3 rings (SSSR count). The molecule has 0 aromatic heterocycles. The highest BCUT2D eigenvalue weighted by Crippen LogP contribution is 2.47. The fourth-order valence-corrected chi connectivity index (χ4v) is 7.88. The lowest BCUT2D eigenvalue weighted by atomic mass is 9.75. The first-order valence-corrected chi connectivity index (χ1v) is 11.8. The predicted molar refractivity (Wildman–Crippen MR) is 98.4 cm³/mol. The number of hydrogen-bond donors (Lipinski definition) is 0. The third-order valence-corrected chi connectivity index (χ3v) is 9.02. The topological polar surface area (TPSA) is 63.7 Å². The zero-order valence-corrected chi connectivity index (χ0v) is 16.4. The first kappa shape index (κ1) is 19.3. The molecule has 3 fully saturated rings. The summed E-state index contributed by atoms with van der Waals surface area (Å²) < 4.78 is 30.8. The van der Waals surface area contributed by atoms with Crippen LogP contribution in [0.5, 0.6) is 0 Å². The Hall–Kier alpha value is -0.460. The van der Waals surface area contributed by atoms with Crippen LogP contribution in [-0.2, 0) is 19.4 Å². The number of carbonyl (C=O) groups is 1. The smallest absolute Gasteiger partial charge is 0.156 e. The van der Waals surface area contributed by atoms with Gasteiger partial charge in [-0.2, -0.15) is 0 Å². The molecule has 0 aromatic rings. The molecule has 144 valence electrons. The average Bonchev–Trinajstić information content (AvgIpc) is 2.61. The minimum Gasteiger partial charge on any atom is -0.379 e. The highest BCUT2D eigenvalue weighted by atomic mass is 32.2. The van der Waals surface area contributed by atoms with E-state index in [1.165, 1.54) is 19.3 Å². The number of sulfone groups is 1. The first-order chi connectivity index (χ1) is 12.0. The van der Waals surface area contributed by atoms with Crippen molar-refractivity contribution in [3.05, 3.63) is 0 Å². The summed E-state index contributed by atoms with van der Waals surface area (Å²) in [6, 6.07) is 0. The van der Waals surface area contributed by atoms with Gasteiger partial charge in [0.1, 0.15) is 5.78 Å². The van der Waals surface area contributed by atoms with Gasteiger partial charge in [0.2, 0.25) is 0 Å². The van der Waals surface area contributed by atoms with Gasteiger partial charge in [-0.25, -0.2) is 8.42 Å². The summed E-state index contributed by atoms with van der Waals surface area (Å²) in [5, 5.41) is -0.377. The van der Waals surface area contributed by atoms with E-state index in [0.717, 1.165) is 38.8 Å². The van der Waals surface area contributed by atoms with Crippen molar-refractivity contribution in [2.75, 3.05) is 32.1 Å². The minimum absolute atomic E-state index is 0.150. The Balaban J connectivity index is 1.89. The van der Waals surface area contributed by atoms with E-state index < -0.39 is 15.4 Å². The molecule has 5 nitrogen and oxygen atoms in total. The number of ether oxygens (including phenoxy) is 1. The second kappa shape index (κ2) is 8.05. The van der Waals surface area contributed by atoms with Crippen LogP contribution in [-0.4, -0.2) is 61.9 Å². The van der Waals surface area contributed by atoms with Gasteiger partial charge in [-0.1, -0.05) is 45.4 Å². The van der Waals surface area contributed by atoms with Gasteiger partial charge in [-0.3, -0.25) is 9.69 Å². The Bertz CT molecular complexity index is 570. The Kier molecular flexibility index (Phi) is 6.22. The van der Waals surface area contributed by atoms with Gasteiger partial charge in [0.05, 0.1) is 29.8 Å². The van der Waals surface area contributed by atoms with Crippen LogP contribution >= 0.6 is 0 Å². The molecular weight excluding hydrogens is 338 g/mol. The van der Waals surface area contributed by atoms with Crippen molar-refractivity contribution in [1.82, 2.24) is 4.90 Å². The fraction of sp³-hybridized carbons (Fsp3) is 0.947. The Labute approximate surface area is 152 Å². The zero-order chi connectivity index (χ0) is 17.9. The molecule has 2 heterocycles. The monoisotopic (exact) mass is 371 g/mol. The van der Waals surface area contributed by atoms with Gasteiger partial charge in [-0.05, 0) is 12.8 Å². The largest absolute Gasteiger partial charge is 0.379 e. The zero-order valence-electron chi connectivity index (χ0n) is 15.5. The number of Topliss-reactive ketones (excluding diaryl/α,β-unsaturated/α-hetero) is 1. The summed E-state index contributed by atoms with van der Waals surface area (Å²) in [6.45, 7) is 4.73. The van der Waals surface area contributed by atoms with Crippen LogP contribution in [0.25, 0.3) is 0 Å². The Morgan fingerprint density at radius 3 is 2.24 bits per heavy atom. The Morgan fingerprint density at radius 1 is 1.00 bits per heavy atom. The molecule has 2 saturated heterocycles. The molecule has 3 atom stereocenters. The van der Waals surface area contributed by atoms with Crippen molar-refractivity contribution in [2.45, 2.75) is 75.5 Å². The van der Waals surface area contributed by atoms with Crippen molar-refractivity contribution < 1.29 is 17.9 Å². The highest BCUT2D eigenvalue weighted by Gasteiger charge is 2.64. The van der Waals surface area contributed by atoms with Crippen LogP contribution in [0.15, 0.2) is 0 Å². The molecule has 0 amide bonds. The summed E-state index contributed by atoms with van der Waals surface area (Å²) in [5.41, 5.74) is -0.492. The van der Waals surface area contributed by atoms with E-state index in [-0.39, 0.29) is 22.7 Å². The second-order valence-electron chi connectivity index (χ2n) is 8.09. The number of morpholine rings is 1. The fourth-order valence-electron chi connectivity index (χ4n) is 5.12. The summed E-state index contributed by atoms with van der Waals surface area (Å²) in [5.74, 6) is 0.197. The average molecular weight is 372 g/mol. The molecule has 0 N–H and O–H groups in total. The van der Waals surface area contributed by atoms with Crippen molar-refractivity contribution >= 4 is 15.6 Å². The molecular formula is C19H33NO4S. The number of rotatable bonds is 1. The van der Waals surface area contributed by atoms with Crippen molar-refractivity contribution in [1.29, 1.82) is 0 Å². The molecule has 6 heteroatoms. The maximum Gasteiger partial charge on any atom is 0.156 e. The molecule has 1 aliphatic carbocycles. The van der Waals surface area contributed by atoms with Crippen LogP contribution in [0.1, 0.15) is 64.7 Å². The molecule has 0 aromatic carbocycles. The summed E-state index contributed by atoms with van der Waals surface area (Å²) in [6.07, 6.45) is 9.00. The Morgan fingerprint density at radius 2 is 1.60 bits per heavy atom. The number of hydrogen-bond acceptors (Lipinski definition) is 5. The SMILES string of the molecule is C[C@H]1C(=O)CCCCCCCCC[C@H]2[C@]1(N1CCOCC1)CS2(=O)=O. The van der Waals surface area contributed by atoms with Crippen molar-refractivity contribution in [3.8, 4) is 0 Å². The van der Waals surface area contributed by atoms with Crippen LogP contribution in [0.3, 0.4) is 0 Å². The van der Waals surface area contributed by atoms with E-state index >= 15 is 0 Å². The highest BCUT2D eigenvalue weighted by molar-refractivity contribution is 7.93. The summed E-state index contributed by atoms with van der Waals surface area (Å²) in [7, 11) is -3.08. The number of ketones is 1. The maximum atomic E-state index is 12.9. The predicted octanol–water partition coefficient (Wildman–Crippen LogP) is 2.58. The van der Waals surface area contributed by atoms with Gasteiger partial charge in [-0.15, -0.1) is 0 Å². The number of carbonyl (C=O) groups excluding carboxylic acids is 1. The standard InChI is InChI=1S/C19H33NO4S/c1-16-17(21)9-7-5-3-2-4-6-8-10-18-19(16,15-25(18,22)23)20-11-13-24-14-12-20/h16,18H,2-15H2,1H3/t16-,18-,19-/m0/s1. The third-order valence-electron chi connectivity index (χ3n) is 6.65. The first-order valence-electron chi connectivity index (χ1n) is 10.1. The van der Waals surface area contributed by atoms with Crippen LogP contribution in [0.4, 0.5) is 0 Å². The van der Waals surface area contributed by atoms with E-state index in [1.807, 2.05) is 6.92 Å². The van der Waals surface area contributed by atoms with Gasteiger partial charge in [0.25, 0.3) is 0 Å². The lowest BCUT2D eigenvalue weighted by Crippen LogP contribution is -2.76. The van der Waals surface area contributed by atoms with E-state index in [2.05, 4.69) is 4.90 Å². The van der Waals surface area contributed by atoms with Crippen LogP contribution in [0.2, 0.25) is 0 Å². The summed E-state index contributed by atoms with van der Waals surface area (Å²) in [4.78, 5) is 15.2. The van der Waals surface area contributed by atoms with Crippen molar-refractivity contribution in [2.24, 2.45) is 5.92 Å². The summed E-state index contributed by atoms with van der Waals surface area (Å²) >= 11 is 0. The van der Waals surface area contributed by atoms with E-state index in [9.17, 15) is 13.2 Å². The lowest BCUT2D eigenvalue weighted by Gasteiger charge is -2.58. The molecule has 3 aliphatic rings. The van der Waals surface area contributed by atoms with Crippen LogP contribution < -0.4 is 0 Å². The van der Waals surface area contributed by atoms with Crippen LogP contribution in [0, 0.1) is 5.92 Å². The minimum atomic E-state index is -3.08. The van der Waals surface area contributed by atoms with Gasteiger partial charge >= 0.3 is 0 Å². The number of nitrogens with zero attached hydrogens (tertiary/aromatic N) is 1. The second-order valence-corrected chi connectivity index (χ2v) is 10.3. The third kappa shape index (κ3) is 3.81. The number of fused-ring (bicyclic) bond motifs is 1. The molecule has 0 unspecified atom stereocenters. The van der Waals surface area contributed by atoms with Crippen molar-refractivity contribution in [3.63, 3.8) is 0 Å². The molecule has 0 bridgehead atoms. The molecule has 1 saturated carbocycles. The van der Waals surface area contributed by atoms with E-state index in [4.69, 9.17) is 4.74 Å².